The van der Waals surface area contributed by atoms with Crippen LogP contribution in [0.1, 0.15) is 45.2 Å². The van der Waals surface area contributed by atoms with E-state index < -0.39 is 5.91 Å². The van der Waals surface area contributed by atoms with Gasteiger partial charge in [-0.25, -0.2) is 4.98 Å². The molecule has 44 heavy (non-hydrogen) atoms. The Kier molecular flexibility index (Phi) is 9.96. The summed E-state index contributed by atoms with van der Waals surface area (Å²) in [6.07, 6.45) is 1.79. The van der Waals surface area contributed by atoms with Crippen LogP contribution in [0.25, 0.3) is 0 Å². The Labute approximate surface area is 255 Å². The number of methoxy groups -OCH3 is 2. The van der Waals surface area contributed by atoms with E-state index >= 15 is 0 Å². The maximum atomic E-state index is 13.3. The maximum absolute atomic E-state index is 13.3. The Morgan fingerprint density at radius 1 is 0.773 bits per heavy atom. The van der Waals surface area contributed by atoms with E-state index in [1.165, 1.54) is 20.4 Å². The molecule has 0 saturated heterocycles. The molecule has 0 aliphatic rings. The highest BCUT2D eigenvalue weighted by molar-refractivity contribution is 6.09. The largest absolute Gasteiger partial charge is 0.493 e. The maximum Gasteiger partial charge on any atom is 0.261 e. The van der Waals surface area contributed by atoms with Crippen LogP contribution in [0.15, 0.2) is 60.8 Å². The highest BCUT2D eigenvalue weighted by Crippen LogP contribution is 2.29. The van der Waals surface area contributed by atoms with E-state index in [4.69, 9.17) is 9.47 Å². The zero-order chi connectivity index (χ0) is 31.8. The summed E-state index contributed by atoms with van der Waals surface area (Å²) in [7, 11) is 4.68. The second kappa shape index (κ2) is 14.0. The van der Waals surface area contributed by atoms with Gasteiger partial charge in [-0.1, -0.05) is 19.1 Å². The molecule has 0 spiro atoms. The van der Waals surface area contributed by atoms with Crippen LogP contribution in [0, 0.1) is 13.8 Å². The molecule has 12 heteroatoms. The van der Waals surface area contributed by atoms with Gasteiger partial charge in [0.2, 0.25) is 11.9 Å². The molecule has 3 aromatic carbocycles. The first-order valence-electron chi connectivity index (χ1n) is 13.8. The molecule has 0 radical (unpaired) electrons. The zero-order valence-electron chi connectivity index (χ0n) is 25.4. The Balaban J connectivity index is 1.49. The summed E-state index contributed by atoms with van der Waals surface area (Å²) in [6.45, 7) is 5.54. The number of hydrogen-bond donors (Lipinski definition) is 5. The molecular formula is C32H35N7O5. The molecule has 0 unspecified atom stereocenters. The molecule has 1 aromatic heterocycles. The van der Waals surface area contributed by atoms with Crippen molar-refractivity contribution >= 4 is 52.2 Å². The molecule has 1 heterocycles. The van der Waals surface area contributed by atoms with Crippen LogP contribution in [0.4, 0.5) is 34.5 Å². The number of aromatic nitrogens is 2. The number of ether oxygens (including phenoxy) is 2. The molecule has 12 nitrogen and oxygen atoms in total. The predicted octanol–water partition coefficient (Wildman–Crippen LogP) is 5.75. The minimum absolute atomic E-state index is 0.0876. The number of carbonyl (C=O) groups excluding carboxylic acids is 3. The van der Waals surface area contributed by atoms with E-state index in [0.717, 1.165) is 11.1 Å². The molecule has 0 aliphatic heterocycles. The second-order valence-corrected chi connectivity index (χ2v) is 9.77. The molecule has 5 N–H and O–H groups in total. The molecule has 0 saturated carbocycles. The lowest BCUT2D eigenvalue weighted by Crippen LogP contribution is -2.17. The minimum Gasteiger partial charge on any atom is -0.493 e. The number of benzene rings is 3. The summed E-state index contributed by atoms with van der Waals surface area (Å²) in [5.41, 5.74) is 4.66. The number of anilines is 6. The first kappa shape index (κ1) is 31.3. The Morgan fingerprint density at radius 2 is 1.43 bits per heavy atom. The van der Waals surface area contributed by atoms with Crippen molar-refractivity contribution < 1.29 is 23.9 Å². The van der Waals surface area contributed by atoms with Gasteiger partial charge in [0.25, 0.3) is 11.8 Å². The number of nitrogens with zero attached hydrogens (tertiary/aromatic N) is 2. The van der Waals surface area contributed by atoms with E-state index in [-0.39, 0.29) is 23.3 Å². The van der Waals surface area contributed by atoms with Gasteiger partial charge in [-0.3, -0.25) is 14.4 Å². The standard InChI is InChI=1S/C32H35N7O5/c1-7-28(40)37-24-16-22(12-9-18(24)2)36-32-34-17-23(29(33-4)39-32)31(42)38-25-15-21(11-8-19(25)3)35-30(41)20-10-13-26(43-5)27(14-20)44-6/h8-17H,7H2,1-6H3,(H,35,41)(H,37,40)(H,38,42)(H2,33,34,36,39). The summed E-state index contributed by atoms with van der Waals surface area (Å²) in [6, 6.07) is 15.6. The van der Waals surface area contributed by atoms with Crippen molar-refractivity contribution in [3.05, 3.63) is 83.0 Å². The minimum atomic E-state index is -0.438. The number of carbonyl (C=O) groups is 3. The molecule has 0 aliphatic carbocycles. The monoisotopic (exact) mass is 597 g/mol. The van der Waals surface area contributed by atoms with Gasteiger partial charge in [-0.15, -0.1) is 0 Å². The smallest absolute Gasteiger partial charge is 0.261 e. The van der Waals surface area contributed by atoms with Crippen LogP contribution in [-0.4, -0.2) is 49.0 Å². The molecular weight excluding hydrogens is 562 g/mol. The number of amides is 3. The summed E-state index contributed by atoms with van der Waals surface area (Å²) < 4.78 is 10.5. The van der Waals surface area contributed by atoms with Crippen LogP contribution in [0.2, 0.25) is 0 Å². The van der Waals surface area contributed by atoms with Crippen molar-refractivity contribution in [2.45, 2.75) is 27.2 Å². The first-order chi connectivity index (χ1) is 21.1. The topological polar surface area (TPSA) is 156 Å². The van der Waals surface area contributed by atoms with E-state index in [1.807, 2.05) is 26.0 Å². The van der Waals surface area contributed by atoms with E-state index in [1.54, 1.807) is 56.4 Å². The number of aryl methyl sites for hydroxylation is 2. The zero-order valence-corrected chi connectivity index (χ0v) is 25.4. The first-order valence-corrected chi connectivity index (χ1v) is 13.8. The number of rotatable bonds is 11. The summed E-state index contributed by atoms with van der Waals surface area (Å²) in [4.78, 5) is 46.9. The molecule has 4 rings (SSSR count). The summed E-state index contributed by atoms with van der Waals surface area (Å²) in [5, 5.41) is 14.7. The molecule has 4 aromatic rings. The van der Waals surface area contributed by atoms with Gasteiger partial charge >= 0.3 is 0 Å². The van der Waals surface area contributed by atoms with Crippen molar-refractivity contribution in [2.24, 2.45) is 0 Å². The van der Waals surface area contributed by atoms with Gasteiger partial charge in [0.15, 0.2) is 11.5 Å². The fourth-order valence-electron chi connectivity index (χ4n) is 4.21. The third kappa shape index (κ3) is 7.40. The lowest BCUT2D eigenvalue weighted by molar-refractivity contribution is -0.115. The van der Waals surface area contributed by atoms with Gasteiger partial charge in [0.1, 0.15) is 11.4 Å². The van der Waals surface area contributed by atoms with Crippen LogP contribution in [0.3, 0.4) is 0 Å². The fraction of sp³-hybridized carbons (Fsp3) is 0.219. The predicted molar refractivity (Wildman–Crippen MR) is 172 cm³/mol. The SMILES string of the molecule is CCC(=O)Nc1cc(Nc2ncc(C(=O)Nc3cc(NC(=O)c4ccc(OC)c(OC)c4)ccc3C)c(NC)n2)ccc1C. The molecule has 0 atom stereocenters. The lowest BCUT2D eigenvalue weighted by Gasteiger charge is -2.15. The normalized spacial score (nSPS) is 10.4. The molecule has 0 fully saturated rings. The van der Waals surface area contributed by atoms with Crippen molar-refractivity contribution in [2.75, 3.05) is 47.9 Å². The van der Waals surface area contributed by atoms with Gasteiger partial charge in [-0.05, 0) is 67.4 Å². The van der Waals surface area contributed by atoms with Crippen LogP contribution < -0.4 is 36.1 Å². The molecule has 0 bridgehead atoms. The third-order valence-corrected chi connectivity index (χ3v) is 6.75. The van der Waals surface area contributed by atoms with E-state index in [9.17, 15) is 14.4 Å². The lowest BCUT2D eigenvalue weighted by atomic mass is 10.1. The van der Waals surface area contributed by atoms with Crippen molar-refractivity contribution in [1.29, 1.82) is 0 Å². The van der Waals surface area contributed by atoms with Crippen LogP contribution in [-0.2, 0) is 4.79 Å². The Morgan fingerprint density at radius 3 is 2.09 bits per heavy atom. The second-order valence-electron chi connectivity index (χ2n) is 9.77. The van der Waals surface area contributed by atoms with Crippen LogP contribution in [0.5, 0.6) is 11.5 Å². The highest BCUT2D eigenvalue weighted by atomic mass is 16.5. The van der Waals surface area contributed by atoms with Gasteiger partial charge in [0, 0.05) is 48.0 Å². The quantitative estimate of drug-likeness (QED) is 0.145. The molecule has 228 valence electrons. The van der Waals surface area contributed by atoms with E-state index in [0.29, 0.717) is 52.1 Å². The average Bonchev–Trinajstić information content (AvgIpc) is 3.03. The van der Waals surface area contributed by atoms with E-state index in [2.05, 4.69) is 36.6 Å². The summed E-state index contributed by atoms with van der Waals surface area (Å²) in [5.74, 6) is 0.641. The van der Waals surface area contributed by atoms with Crippen LogP contribution >= 0.6 is 0 Å². The highest BCUT2D eigenvalue weighted by Gasteiger charge is 2.17. The Hall–Kier alpha value is -5.65. The van der Waals surface area contributed by atoms with Crippen molar-refractivity contribution in [3.8, 4) is 11.5 Å². The van der Waals surface area contributed by atoms with Gasteiger partial charge in [-0.2, -0.15) is 4.98 Å². The van der Waals surface area contributed by atoms with Gasteiger partial charge in [0.05, 0.1) is 14.2 Å². The fourth-order valence-corrected chi connectivity index (χ4v) is 4.21. The van der Waals surface area contributed by atoms with Crippen molar-refractivity contribution in [1.82, 2.24) is 9.97 Å². The third-order valence-electron chi connectivity index (χ3n) is 6.75. The Bertz CT molecular complexity index is 1710. The van der Waals surface area contributed by atoms with Crippen molar-refractivity contribution in [3.63, 3.8) is 0 Å². The summed E-state index contributed by atoms with van der Waals surface area (Å²) >= 11 is 0. The number of nitrogens with one attached hydrogen (secondary N) is 5. The average molecular weight is 598 g/mol. The molecule has 3 amide bonds. The van der Waals surface area contributed by atoms with Gasteiger partial charge < -0.3 is 36.1 Å². The number of hydrogen-bond acceptors (Lipinski definition) is 9.